The van der Waals surface area contributed by atoms with E-state index in [2.05, 4.69) is 32.8 Å². The molecule has 90 valence electrons. The van der Waals surface area contributed by atoms with Crippen LogP contribution in [-0.2, 0) is 0 Å². The molecule has 2 nitrogen and oxygen atoms in total. The molecule has 2 heteroatoms. The van der Waals surface area contributed by atoms with Gasteiger partial charge < -0.3 is 9.80 Å². The largest absolute Gasteiger partial charge is 0.340 e. The minimum absolute atomic E-state index is 0.887. The summed E-state index contributed by atoms with van der Waals surface area (Å²) in [4.78, 5) is 4.23. The first-order chi connectivity index (χ1) is 7.09. The number of hydrogen-bond donors (Lipinski definition) is 1. The monoisotopic (exact) mass is 213 g/mol. The molecule has 0 bridgehead atoms. The zero-order valence-corrected chi connectivity index (χ0v) is 11.1. The third-order valence-corrected chi connectivity index (χ3v) is 3.73. The second-order valence-electron chi connectivity index (χ2n) is 5.73. The van der Waals surface area contributed by atoms with Crippen molar-refractivity contribution in [1.82, 2.24) is 4.90 Å². The molecule has 1 aliphatic rings. The van der Waals surface area contributed by atoms with E-state index in [4.69, 9.17) is 0 Å². The molecule has 0 aromatic heterocycles. The lowest BCUT2D eigenvalue weighted by atomic mass is 9.87. The highest BCUT2D eigenvalue weighted by Crippen LogP contribution is 2.24. The fourth-order valence-corrected chi connectivity index (χ4v) is 2.50. The summed E-state index contributed by atoms with van der Waals surface area (Å²) in [5, 5.41) is 0. The summed E-state index contributed by atoms with van der Waals surface area (Å²) in [5.74, 6) is 1.87. The van der Waals surface area contributed by atoms with Crippen LogP contribution < -0.4 is 4.90 Å². The molecule has 0 unspecified atom stereocenters. The van der Waals surface area contributed by atoms with Crippen molar-refractivity contribution < 1.29 is 4.90 Å². The molecule has 1 saturated heterocycles. The van der Waals surface area contributed by atoms with Crippen molar-refractivity contribution in [2.45, 2.75) is 33.1 Å². The van der Waals surface area contributed by atoms with Crippen LogP contribution in [0.5, 0.6) is 0 Å². The molecule has 0 atom stereocenters. The van der Waals surface area contributed by atoms with Crippen LogP contribution in [0.3, 0.4) is 0 Å². The van der Waals surface area contributed by atoms with Crippen LogP contribution in [0.2, 0.25) is 0 Å². The molecule has 0 saturated carbocycles. The smallest absolute Gasteiger partial charge is 0.0779 e. The third kappa shape index (κ3) is 4.98. The number of nitrogens with one attached hydrogen (secondary N) is 1. The molecule has 0 spiro atoms. The Morgan fingerprint density at radius 2 is 1.80 bits per heavy atom. The molecule has 0 amide bonds. The summed E-state index contributed by atoms with van der Waals surface area (Å²) >= 11 is 0. The van der Waals surface area contributed by atoms with Crippen LogP contribution in [0.1, 0.15) is 33.1 Å². The van der Waals surface area contributed by atoms with Gasteiger partial charge in [-0.1, -0.05) is 13.8 Å². The number of hydrogen-bond acceptors (Lipinski definition) is 1. The fraction of sp³-hybridized carbons (Fsp3) is 1.00. The van der Waals surface area contributed by atoms with E-state index >= 15 is 0 Å². The van der Waals surface area contributed by atoms with Crippen LogP contribution in [0, 0.1) is 11.8 Å². The summed E-state index contributed by atoms with van der Waals surface area (Å²) in [6.45, 7) is 10.0. The van der Waals surface area contributed by atoms with Gasteiger partial charge in [0.2, 0.25) is 0 Å². The summed E-state index contributed by atoms with van der Waals surface area (Å²) < 4.78 is 0. The van der Waals surface area contributed by atoms with E-state index in [1.807, 2.05) is 0 Å². The predicted octanol–water partition coefficient (Wildman–Crippen LogP) is 0.889. The molecule has 1 heterocycles. The minimum atomic E-state index is 0.887. The maximum absolute atomic E-state index is 2.65. The van der Waals surface area contributed by atoms with E-state index in [1.54, 1.807) is 4.90 Å². The highest BCUT2D eigenvalue weighted by Gasteiger charge is 2.20. The molecule has 1 rings (SSSR count). The molecule has 0 aromatic rings. The highest BCUT2D eigenvalue weighted by atomic mass is 15.1. The normalized spacial score (nSPS) is 20.4. The highest BCUT2D eigenvalue weighted by molar-refractivity contribution is 4.73. The molecular formula is C13H29N2+. The van der Waals surface area contributed by atoms with Gasteiger partial charge in [-0.3, -0.25) is 0 Å². The second-order valence-corrected chi connectivity index (χ2v) is 5.73. The molecule has 1 N–H and O–H groups in total. The van der Waals surface area contributed by atoms with Crippen molar-refractivity contribution in [3.05, 3.63) is 0 Å². The lowest BCUT2D eigenvalue weighted by molar-refractivity contribution is -0.858. The van der Waals surface area contributed by atoms with Crippen molar-refractivity contribution in [2.24, 2.45) is 11.8 Å². The summed E-state index contributed by atoms with van der Waals surface area (Å²) in [5.41, 5.74) is 0. The third-order valence-electron chi connectivity index (χ3n) is 3.73. The Balaban J connectivity index is 2.09. The van der Waals surface area contributed by atoms with Crippen molar-refractivity contribution >= 4 is 0 Å². The first kappa shape index (κ1) is 13.0. The second kappa shape index (κ2) is 6.49. The molecule has 1 fully saturated rings. The van der Waals surface area contributed by atoms with Crippen LogP contribution in [-0.4, -0.2) is 45.2 Å². The maximum Gasteiger partial charge on any atom is 0.0779 e. The summed E-state index contributed by atoms with van der Waals surface area (Å²) in [6.07, 6.45) is 4.20. The fourth-order valence-electron chi connectivity index (χ4n) is 2.50. The van der Waals surface area contributed by atoms with Gasteiger partial charge in [0.1, 0.15) is 0 Å². The van der Waals surface area contributed by atoms with Crippen LogP contribution in [0.15, 0.2) is 0 Å². The molecule has 1 aliphatic heterocycles. The average molecular weight is 213 g/mol. The summed E-state index contributed by atoms with van der Waals surface area (Å²) in [7, 11) is 4.48. The molecule has 0 aromatic carbocycles. The van der Waals surface area contributed by atoms with Crippen molar-refractivity contribution in [2.75, 3.05) is 40.3 Å². The molecule has 15 heavy (non-hydrogen) atoms. The Kier molecular flexibility index (Phi) is 5.62. The van der Waals surface area contributed by atoms with Crippen LogP contribution >= 0.6 is 0 Å². The standard InChI is InChI=1S/C13H28N2/c1-12(2)13-6-10-15(11-7-13)9-5-8-14(3)4/h12-13H,5-11H2,1-4H3/p+1. The number of nitrogens with zero attached hydrogens (tertiary/aromatic N) is 1. The topological polar surface area (TPSA) is 7.68 Å². The van der Waals surface area contributed by atoms with Gasteiger partial charge in [-0.25, -0.2) is 0 Å². The SMILES string of the molecule is CC(C)C1CCN(CCC[NH+](C)C)CC1. The number of rotatable bonds is 5. The first-order valence-corrected chi connectivity index (χ1v) is 6.61. The lowest BCUT2D eigenvalue weighted by Crippen LogP contribution is -3.05. The van der Waals surface area contributed by atoms with Gasteiger partial charge in [0, 0.05) is 13.0 Å². The van der Waals surface area contributed by atoms with Gasteiger partial charge in [-0.15, -0.1) is 0 Å². The van der Waals surface area contributed by atoms with Gasteiger partial charge in [0.15, 0.2) is 0 Å². The minimum Gasteiger partial charge on any atom is -0.340 e. The zero-order chi connectivity index (χ0) is 11.3. The van der Waals surface area contributed by atoms with E-state index < -0.39 is 0 Å². The molecule has 0 radical (unpaired) electrons. The van der Waals surface area contributed by atoms with Gasteiger partial charge in [-0.05, 0) is 37.8 Å². The van der Waals surface area contributed by atoms with E-state index in [-0.39, 0.29) is 0 Å². The van der Waals surface area contributed by atoms with Gasteiger partial charge in [-0.2, -0.15) is 0 Å². The van der Waals surface area contributed by atoms with Gasteiger partial charge >= 0.3 is 0 Å². The van der Waals surface area contributed by atoms with Gasteiger partial charge in [0.25, 0.3) is 0 Å². The number of likely N-dealkylation sites (tertiary alicyclic amines) is 1. The Hall–Kier alpha value is -0.0800. The Bertz CT molecular complexity index is 155. The zero-order valence-electron chi connectivity index (χ0n) is 11.1. The van der Waals surface area contributed by atoms with Crippen molar-refractivity contribution in [1.29, 1.82) is 0 Å². The molecule has 0 aliphatic carbocycles. The quantitative estimate of drug-likeness (QED) is 0.713. The van der Waals surface area contributed by atoms with E-state index in [1.165, 1.54) is 45.4 Å². The number of quaternary nitrogens is 1. The van der Waals surface area contributed by atoms with E-state index in [9.17, 15) is 0 Å². The lowest BCUT2D eigenvalue weighted by Gasteiger charge is -2.33. The predicted molar refractivity (Wildman–Crippen MR) is 66.3 cm³/mol. The van der Waals surface area contributed by atoms with Crippen LogP contribution in [0.4, 0.5) is 0 Å². The maximum atomic E-state index is 2.65. The number of piperidine rings is 1. The van der Waals surface area contributed by atoms with Crippen molar-refractivity contribution in [3.63, 3.8) is 0 Å². The van der Waals surface area contributed by atoms with Crippen molar-refractivity contribution in [3.8, 4) is 0 Å². The van der Waals surface area contributed by atoms with E-state index in [0.29, 0.717) is 0 Å². The average Bonchev–Trinajstić information content (AvgIpc) is 2.18. The first-order valence-electron chi connectivity index (χ1n) is 6.61. The summed E-state index contributed by atoms with van der Waals surface area (Å²) in [6, 6.07) is 0. The molecular weight excluding hydrogens is 184 g/mol. The Labute approximate surface area is 95.6 Å². The van der Waals surface area contributed by atoms with Gasteiger partial charge in [0.05, 0.1) is 20.6 Å². The van der Waals surface area contributed by atoms with E-state index in [0.717, 1.165) is 11.8 Å². The van der Waals surface area contributed by atoms with Crippen LogP contribution in [0.25, 0.3) is 0 Å². The Morgan fingerprint density at radius 3 is 2.27 bits per heavy atom. The Morgan fingerprint density at radius 1 is 1.20 bits per heavy atom.